The number of hydrogen-bond donors (Lipinski definition) is 0. The summed E-state index contributed by atoms with van der Waals surface area (Å²) in [5, 5.41) is 0. The molecule has 2 saturated heterocycles. The summed E-state index contributed by atoms with van der Waals surface area (Å²) in [6.45, 7) is 17.0. The molecule has 2 aliphatic heterocycles. The Bertz CT molecular complexity index is 1160. The molecule has 1 aromatic carbocycles. The first kappa shape index (κ1) is 43.6. The molecule has 3 rings (SSSR count). The third kappa shape index (κ3) is 14.1. The topological polar surface area (TPSA) is 143 Å². The molecule has 13 nitrogen and oxygen atoms in total. The third-order valence-electron chi connectivity index (χ3n) is 7.62. The second-order valence-corrected chi connectivity index (χ2v) is 11.3. The van der Waals surface area contributed by atoms with E-state index in [2.05, 4.69) is 13.5 Å². The van der Waals surface area contributed by atoms with E-state index in [-0.39, 0.29) is 50.7 Å². The minimum absolute atomic E-state index is 0.0115. The zero-order valence-corrected chi connectivity index (χ0v) is 30.3. The van der Waals surface area contributed by atoms with E-state index >= 15 is 0 Å². The van der Waals surface area contributed by atoms with Gasteiger partial charge in [0, 0.05) is 52.7 Å². The molecule has 0 aliphatic carbocycles. The van der Waals surface area contributed by atoms with Crippen LogP contribution in [-0.4, -0.2) is 129 Å². The van der Waals surface area contributed by atoms with Gasteiger partial charge in [-0.25, -0.2) is 0 Å². The molecule has 2 aliphatic rings. The van der Waals surface area contributed by atoms with Crippen molar-refractivity contribution in [3.8, 4) is 5.75 Å². The molecule has 1 unspecified atom stereocenters. The molecule has 0 aromatic heterocycles. The predicted octanol–water partition coefficient (Wildman–Crippen LogP) is 3.09. The number of carbonyl (C=O) groups is 6. The number of hydrogen-bond acceptors (Lipinski definition) is 9. The molecule has 48 heavy (non-hydrogen) atoms. The van der Waals surface area contributed by atoms with Gasteiger partial charge in [-0.15, -0.1) is 0 Å². The van der Waals surface area contributed by atoms with E-state index in [4.69, 9.17) is 14.2 Å². The number of benzene rings is 1. The average Bonchev–Trinajstić information content (AvgIpc) is 3.51. The Labute approximate surface area is 286 Å². The molecule has 0 saturated carbocycles. The van der Waals surface area contributed by atoms with Gasteiger partial charge in [0.1, 0.15) is 5.75 Å². The molecule has 0 spiro atoms. The van der Waals surface area contributed by atoms with Crippen LogP contribution in [0.3, 0.4) is 0 Å². The molecule has 4 amide bonds. The van der Waals surface area contributed by atoms with Crippen molar-refractivity contribution in [1.29, 1.82) is 0 Å². The van der Waals surface area contributed by atoms with Gasteiger partial charge in [-0.3, -0.25) is 28.8 Å². The first-order valence-corrected chi connectivity index (χ1v) is 16.3. The Balaban J connectivity index is 0.000000719. The predicted molar refractivity (Wildman–Crippen MR) is 183 cm³/mol. The fraction of sp³-hybridized carbons (Fsp3) is 0.600. The van der Waals surface area contributed by atoms with Crippen molar-refractivity contribution in [2.24, 2.45) is 5.41 Å². The fourth-order valence-corrected chi connectivity index (χ4v) is 4.43. The van der Waals surface area contributed by atoms with Crippen LogP contribution in [0.5, 0.6) is 5.75 Å². The third-order valence-corrected chi connectivity index (χ3v) is 7.62. The van der Waals surface area contributed by atoms with E-state index in [0.29, 0.717) is 32.3 Å². The van der Waals surface area contributed by atoms with Crippen LogP contribution < -0.4 is 4.74 Å². The molecular weight excluding hydrogens is 620 g/mol. The lowest BCUT2D eigenvalue weighted by molar-refractivity contribution is -0.185. The normalized spacial score (nSPS) is 14.5. The highest BCUT2D eigenvalue weighted by Crippen LogP contribution is 2.32. The second kappa shape index (κ2) is 23.0. The van der Waals surface area contributed by atoms with Crippen LogP contribution in [0.4, 0.5) is 0 Å². The molecule has 0 radical (unpaired) electrons. The van der Waals surface area contributed by atoms with E-state index in [1.165, 1.54) is 20.3 Å². The number of esters is 2. The molecule has 0 bridgehead atoms. The summed E-state index contributed by atoms with van der Waals surface area (Å²) >= 11 is 0. The van der Waals surface area contributed by atoms with Crippen LogP contribution in [-0.2, 0) is 38.2 Å². The van der Waals surface area contributed by atoms with Gasteiger partial charge in [0.05, 0.1) is 26.9 Å². The van der Waals surface area contributed by atoms with Crippen molar-refractivity contribution in [3.63, 3.8) is 0 Å². The summed E-state index contributed by atoms with van der Waals surface area (Å²) in [5.41, 5.74) is 1.01. The fourth-order valence-electron chi connectivity index (χ4n) is 4.43. The number of aryl methyl sites for hydroxylation is 1. The molecular formula is C35H56N4O9. The quantitative estimate of drug-likeness (QED) is 0.133. The lowest BCUT2D eigenvalue weighted by atomic mass is 9.80. The first-order valence-electron chi connectivity index (χ1n) is 16.3. The Morgan fingerprint density at radius 3 is 1.96 bits per heavy atom. The van der Waals surface area contributed by atoms with E-state index in [1.54, 1.807) is 40.0 Å². The number of ether oxygens (including phenoxy) is 3. The van der Waals surface area contributed by atoms with Crippen molar-refractivity contribution in [2.45, 2.75) is 66.8 Å². The smallest absolute Gasteiger partial charge is 0.327 e. The van der Waals surface area contributed by atoms with Gasteiger partial charge < -0.3 is 33.8 Å². The summed E-state index contributed by atoms with van der Waals surface area (Å²) in [6, 6.07) is 7.97. The van der Waals surface area contributed by atoms with Gasteiger partial charge in [0.2, 0.25) is 24.6 Å². The van der Waals surface area contributed by atoms with Gasteiger partial charge >= 0.3 is 11.9 Å². The zero-order valence-electron chi connectivity index (χ0n) is 30.3. The van der Waals surface area contributed by atoms with Crippen LogP contribution in [0.15, 0.2) is 36.4 Å². The number of likely N-dealkylation sites (tertiary alicyclic amines) is 2. The van der Waals surface area contributed by atoms with Crippen molar-refractivity contribution in [3.05, 3.63) is 42.0 Å². The van der Waals surface area contributed by atoms with Crippen molar-refractivity contribution >= 4 is 36.6 Å². The molecule has 1 atom stereocenters. The Hall–Kier alpha value is -4.42. The zero-order chi connectivity index (χ0) is 36.9. The highest BCUT2D eigenvalue weighted by atomic mass is 16.6. The van der Waals surface area contributed by atoms with Crippen LogP contribution in [0.1, 0.15) is 59.4 Å². The molecule has 270 valence electrons. The van der Waals surface area contributed by atoms with Crippen LogP contribution >= 0.6 is 0 Å². The van der Waals surface area contributed by atoms with Gasteiger partial charge in [-0.05, 0) is 52.7 Å². The molecule has 2 heterocycles. The number of carbonyl (C=O) groups excluding carboxylic acids is 6. The second-order valence-electron chi connectivity index (χ2n) is 11.3. The lowest BCUT2D eigenvalue weighted by Gasteiger charge is -2.43. The Morgan fingerprint density at radius 2 is 1.54 bits per heavy atom. The summed E-state index contributed by atoms with van der Waals surface area (Å²) in [5.74, 6) is -0.436. The monoisotopic (exact) mass is 676 g/mol. The van der Waals surface area contributed by atoms with Crippen LogP contribution in [0.25, 0.3) is 0 Å². The Kier molecular flexibility index (Phi) is 20.9. The highest BCUT2D eigenvalue weighted by Gasteiger charge is 2.58. The molecule has 1 aromatic rings. The van der Waals surface area contributed by atoms with E-state index in [9.17, 15) is 28.8 Å². The maximum Gasteiger partial charge on any atom is 0.327 e. The van der Waals surface area contributed by atoms with Gasteiger partial charge in [-0.2, -0.15) is 0 Å². The molecule has 0 N–H and O–H groups in total. The van der Waals surface area contributed by atoms with E-state index < -0.39 is 17.4 Å². The minimum Gasteiger partial charge on any atom is -0.497 e. The van der Waals surface area contributed by atoms with Crippen molar-refractivity contribution in [2.75, 3.05) is 67.1 Å². The number of rotatable bonds is 13. The minimum atomic E-state index is -1.31. The largest absolute Gasteiger partial charge is 0.497 e. The van der Waals surface area contributed by atoms with Crippen molar-refractivity contribution in [1.82, 2.24) is 19.6 Å². The van der Waals surface area contributed by atoms with Crippen LogP contribution in [0.2, 0.25) is 0 Å². The summed E-state index contributed by atoms with van der Waals surface area (Å²) in [6.07, 6.45) is 3.11. The maximum absolute atomic E-state index is 12.0. The average molecular weight is 677 g/mol. The van der Waals surface area contributed by atoms with Crippen molar-refractivity contribution < 1.29 is 43.0 Å². The summed E-state index contributed by atoms with van der Waals surface area (Å²) in [4.78, 5) is 74.5. The number of likely N-dealkylation sites (N-methyl/N-ethyl adjacent to an activating group) is 1. The van der Waals surface area contributed by atoms with Crippen LogP contribution in [0, 0.1) is 12.3 Å². The Morgan fingerprint density at radius 1 is 1.00 bits per heavy atom. The first-order chi connectivity index (χ1) is 22.8. The number of amides is 4. The number of methoxy groups -OCH3 is 1. The summed E-state index contributed by atoms with van der Waals surface area (Å²) < 4.78 is 14.6. The van der Waals surface area contributed by atoms with Gasteiger partial charge in [-0.1, -0.05) is 43.7 Å². The van der Waals surface area contributed by atoms with Gasteiger partial charge in [0.15, 0.2) is 5.41 Å². The summed E-state index contributed by atoms with van der Waals surface area (Å²) in [7, 11) is 5.00. The number of nitrogens with zero attached hydrogens (tertiary/aromatic N) is 4. The maximum atomic E-state index is 12.0. The van der Waals surface area contributed by atoms with Gasteiger partial charge in [0.25, 0.3) is 0 Å². The highest BCUT2D eigenvalue weighted by molar-refractivity contribution is 6.02. The standard InChI is InChI=1S/C15H25N3O3.C10H15NO5.C8H10O.C2H6/c1-12-7-8-18(9-12)15(21)10-16(3)14(20)6-5-13(2)17(4)11-19;1-3-15-8(13)10(9(14)16-4-2)5-11(6-10)7-12;1-7-3-5-8(9-2)6-4-7;1-2/h11,13H,1,5-10H2,2-4H3;7H,3-6H2,1-2H3;3-6H,1-2H3;1-2H3. The molecule has 2 fully saturated rings. The van der Waals surface area contributed by atoms with E-state index in [1.807, 2.05) is 45.0 Å². The molecule has 13 heteroatoms. The van der Waals surface area contributed by atoms with E-state index in [0.717, 1.165) is 24.2 Å². The lowest BCUT2D eigenvalue weighted by Crippen LogP contribution is -2.64. The SMILES string of the molecule is C=C1CCN(C(=O)CN(C)C(=O)CCC(C)N(C)C=O)C1.CC.CCOC(=O)C1(C(=O)OCC)CN(C=O)C1.COc1ccc(C)cc1.